The molecule has 0 bridgehead atoms. The van der Waals surface area contributed by atoms with Crippen LogP contribution in [0.25, 0.3) is 0 Å². The van der Waals surface area contributed by atoms with Gasteiger partial charge in [-0.15, -0.1) is 0 Å². The summed E-state index contributed by atoms with van der Waals surface area (Å²) in [6.07, 6.45) is 5.82. The maximum absolute atomic E-state index is 12.1. The molecule has 2 heterocycles. The van der Waals surface area contributed by atoms with E-state index >= 15 is 0 Å². The van der Waals surface area contributed by atoms with Gasteiger partial charge in [-0.25, -0.2) is 0 Å². The normalized spacial score (nSPS) is 18.2. The van der Waals surface area contributed by atoms with E-state index in [0.29, 0.717) is 33.9 Å². The summed E-state index contributed by atoms with van der Waals surface area (Å²) in [5.41, 5.74) is 1.29. The van der Waals surface area contributed by atoms with Gasteiger partial charge in [-0.2, -0.15) is 13.2 Å². The molecule has 0 aromatic heterocycles. The third kappa shape index (κ3) is 22.8. The number of ether oxygens (including phenoxy) is 1. The van der Waals surface area contributed by atoms with Crippen molar-refractivity contribution in [1.82, 2.24) is 14.7 Å². The molecule has 3 unspecified atom stereocenters. The van der Waals surface area contributed by atoms with Gasteiger partial charge in [0.05, 0.1) is 7.11 Å². The molecule has 8 heteroatoms. The van der Waals surface area contributed by atoms with Crippen LogP contribution in [0.1, 0.15) is 185 Å². The molecule has 2 fully saturated rings. The highest BCUT2D eigenvalue weighted by atomic mass is 19.4. The number of rotatable bonds is 10. The molecule has 4 rings (SSSR count). The van der Waals surface area contributed by atoms with Crippen molar-refractivity contribution in [3.05, 3.63) is 65.7 Å². The first-order valence-electron chi connectivity index (χ1n) is 22.8. The van der Waals surface area contributed by atoms with Crippen molar-refractivity contribution >= 4 is 0 Å². The average molecular weight is 848 g/mol. The fraction of sp³-hybridized carbons (Fsp3) is 0.769. The number of hydrogen-bond donors (Lipinski definition) is 1. The lowest BCUT2D eigenvalue weighted by molar-refractivity contribution is -0.261. The summed E-state index contributed by atoms with van der Waals surface area (Å²) in [6.45, 7) is 36.7. The predicted octanol–water partition coefficient (Wildman–Crippen LogP) is 14.4. The first kappa shape index (κ1) is 55.9. The standard InChI is InChI=1S/C16H25N.C15H25NO.C13H27N.C8H15F3O/c1-16(2,3)13-15(17-11-7-8-12-17)14-9-5-4-6-10-14;1-15(2,3)11-14(16(4)5)12-7-9-13(17-6)10-8-12;1-12(2,3)11-13(4,5)14-9-7-6-8-10-14;1-6(2,3)5-7(4,12)8(9,10)11/h4-6,9-10,15H,7-8,11-13H2,1-3H3;7-10,14H,11H2,1-6H3;6-11H2,1-5H3;12H,5H2,1-4H3. The van der Waals surface area contributed by atoms with E-state index in [9.17, 15) is 13.2 Å². The van der Waals surface area contributed by atoms with Gasteiger partial charge in [-0.1, -0.05) is 132 Å². The van der Waals surface area contributed by atoms with Crippen LogP contribution in [0.5, 0.6) is 5.75 Å². The van der Waals surface area contributed by atoms with Crippen LogP contribution in [0.4, 0.5) is 13.2 Å². The summed E-state index contributed by atoms with van der Waals surface area (Å²) >= 11 is 0. The first-order chi connectivity index (χ1) is 27.2. The van der Waals surface area contributed by atoms with Crippen LogP contribution in [0, 0.1) is 21.7 Å². The van der Waals surface area contributed by atoms with Gasteiger partial charge < -0.3 is 14.7 Å². The summed E-state index contributed by atoms with van der Waals surface area (Å²) in [5.74, 6) is 0.919. The highest BCUT2D eigenvalue weighted by Gasteiger charge is 2.51. The van der Waals surface area contributed by atoms with E-state index in [1.807, 2.05) is 12.1 Å². The molecular formula is C52H92F3N3O2. The fourth-order valence-electron chi connectivity index (χ4n) is 8.81. The molecule has 0 aliphatic carbocycles. The van der Waals surface area contributed by atoms with E-state index in [-0.39, 0.29) is 6.42 Å². The molecule has 0 spiro atoms. The van der Waals surface area contributed by atoms with Gasteiger partial charge in [0.1, 0.15) is 5.75 Å². The van der Waals surface area contributed by atoms with Crippen LogP contribution in [-0.2, 0) is 0 Å². The number of halogens is 3. The Morgan fingerprint density at radius 1 is 0.583 bits per heavy atom. The number of methoxy groups -OCH3 is 1. The van der Waals surface area contributed by atoms with Crippen LogP contribution >= 0.6 is 0 Å². The SMILES string of the molecule is CC(C)(C)CC(C)(C)N1CCCCC1.CC(C)(C)CC(C)(O)C(F)(F)F.CC(C)(C)CC(c1ccccc1)N1CCCC1.COc1ccc(C(CC(C)(C)C)N(C)C)cc1. The average Bonchev–Trinajstić information content (AvgIpc) is 3.63. The molecule has 0 amide bonds. The molecule has 2 aromatic carbocycles. The first-order valence-corrected chi connectivity index (χ1v) is 22.8. The largest absolute Gasteiger partial charge is 0.497 e. The Balaban J connectivity index is 0.000000404. The van der Waals surface area contributed by atoms with Gasteiger partial charge in [0.25, 0.3) is 0 Å². The summed E-state index contributed by atoms with van der Waals surface area (Å²) in [5, 5.41) is 9.06. The zero-order valence-electron chi connectivity index (χ0n) is 41.9. The van der Waals surface area contributed by atoms with E-state index in [2.05, 4.69) is 147 Å². The Labute approximate surface area is 368 Å². The second kappa shape index (κ2) is 23.5. The predicted molar refractivity (Wildman–Crippen MR) is 252 cm³/mol. The quantitative estimate of drug-likeness (QED) is 0.258. The number of alkyl halides is 3. The molecule has 2 aliphatic heterocycles. The molecular weight excluding hydrogens is 756 g/mol. The van der Waals surface area contributed by atoms with E-state index in [1.54, 1.807) is 27.9 Å². The number of aliphatic hydroxyl groups is 1. The zero-order valence-corrected chi connectivity index (χ0v) is 41.9. The Morgan fingerprint density at radius 3 is 1.40 bits per heavy atom. The minimum absolute atomic E-state index is 0.288. The van der Waals surface area contributed by atoms with Crippen molar-refractivity contribution in [1.29, 1.82) is 0 Å². The summed E-state index contributed by atoms with van der Waals surface area (Å²) < 4.78 is 41.5. The van der Waals surface area contributed by atoms with E-state index in [0.717, 1.165) is 19.1 Å². The summed E-state index contributed by atoms with van der Waals surface area (Å²) in [4.78, 5) is 7.63. The second-order valence-corrected chi connectivity index (χ2v) is 23.6. The molecule has 3 atom stereocenters. The Morgan fingerprint density at radius 2 is 1.03 bits per heavy atom. The van der Waals surface area contributed by atoms with E-state index in [4.69, 9.17) is 9.84 Å². The van der Waals surface area contributed by atoms with Crippen molar-refractivity contribution in [3.63, 3.8) is 0 Å². The number of benzene rings is 2. The lowest BCUT2D eigenvalue weighted by Crippen LogP contribution is -2.48. The summed E-state index contributed by atoms with van der Waals surface area (Å²) in [7, 11) is 5.98. The highest BCUT2D eigenvalue weighted by molar-refractivity contribution is 5.29. The minimum atomic E-state index is -4.54. The van der Waals surface area contributed by atoms with Crippen LogP contribution in [0.2, 0.25) is 0 Å². The molecule has 2 aromatic rings. The van der Waals surface area contributed by atoms with Gasteiger partial charge in [-0.05, 0) is 157 Å². The minimum Gasteiger partial charge on any atom is -0.497 e. The van der Waals surface area contributed by atoms with E-state index in [1.165, 1.54) is 82.3 Å². The zero-order chi connectivity index (χ0) is 46.4. The second-order valence-electron chi connectivity index (χ2n) is 23.6. The number of piperidine rings is 1. The fourth-order valence-corrected chi connectivity index (χ4v) is 8.81. The van der Waals surface area contributed by atoms with Gasteiger partial charge in [0.2, 0.25) is 0 Å². The lowest BCUT2D eigenvalue weighted by atomic mass is 9.80. The van der Waals surface area contributed by atoms with Gasteiger partial charge in [0.15, 0.2) is 5.60 Å². The van der Waals surface area contributed by atoms with E-state index < -0.39 is 17.2 Å². The van der Waals surface area contributed by atoms with Crippen molar-refractivity contribution < 1.29 is 23.0 Å². The summed E-state index contributed by atoms with van der Waals surface area (Å²) in [6, 6.07) is 20.5. The van der Waals surface area contributed by atoms with Crippen LogP contribution in [0.3, 0.4) is 0 Å². The monoisotopic (exact) mass is 848 g/mol. The van der Waals surface area contributed by atoms with Crippen molar-refractivity contribution in [2.75, 3.05) is 47.4 Å². The van der Waals surface area contributed by atoms with Gasteiger partial charge >= 0.3 is 6.18 Å². The molecule has 5 nitrogen and oxygen atoms in total. The topological polar surface area (TPSA) is 39.2 Å². The maximum atomic E-state index is 12.1. The molecule has 348 valence electrons. The van der Waals surface area contributed by atoms with Crippen LogP contribution in [-0.4, -0.2) is 84.5 Å². The third-order valence-electron chi connectivity index (χ3n) is 11.2. The number of nitrogens with zero attached hydrogens (tertiary/aromatic N) is 3. The Bertz CT molecular complexity index is 1430. The van der Waals surface area contributed by atoms with Crippen molar-refractivity contribution in [2.24, 2.45) is 21.7 Å². The smallest absolute Gasteiger partial charge is 0.416 e. The molecule has 1 N–H and O–H groups in total. The third-order valence-corrected chi connectivity index (χ3v) is 11.2. The molecule has 2 saturated heterocycles. The van der Waals surface area contributed by atoms with Crippen LogP contribution < -0.4 is 4.74 Å². The van der Waals surface area contributed by atoms with Crippen molar-refractivity contribution in [3.8, 4) is 5.75 Å². The van der Waals surface area contributed by atoms with Gasteiger partial charge in [0, 0.05) is 17.6 Å². The van der Waals surface area contributed by atoms with Gasteiger partial charge in [-0.3, -0.25) is 9.80 Å². The molecule has 2 aliphatic rings. The van der Waals surface area contributed by atoms with Crippen molar-refractivity contribution in [2.45, 2.75) is 191 Å². The van der Waals surface area contributed by atoms with Crippen LogP contribution in [0.15, 0.2) is 54.6 Å². The Kier molecular flexibility index (Phi) is 21.9. The number of likely N-dealkylation sites (tertiary alicyclic amines) is 2. The Hall–Kier alpha value is -2.13. The maximum Gasteiger partial charge on any atom is 0.416 e. The molecule has 0 saturated carbocycles. The highest BCUT2D eigenvalue weighted by Crippen LogP contribution is 2.39. The lowest BCUT2D eigenvalue weighted by Gasteiger charge is -2.44. The number of hydrogen-bond acceptors (Lipinski definition) is 5. The molecule has 60 heavy (non-hydrogen) atoms. The molecule has 0 radical (unpaired) electrons.